The predicted octanol–water partition coefficient (Wildman–Crippen LogP) is 3.39. The zero-order valence-corrected chi connectivity index (χ0v) is 16.8. The summed E-state index contributed by atoms with van der Waals surface area (Å²) in [5.41, 5.74) is 2.02. The molecule has 0 bridgehead atoms. The Kier molecular flexibility index (Phi) is 7.13. The van der Waals surface area contributed by atoms with Gasteiger partial charge >= 0.3 is 0 Å². The van der Waals surface area contributed by atoms with Crippen LogP contribution in [0.1, 0.15) is 23.5 Å². The van der Waals surface area contributed by atoms with E-state index in [1.807, 2.05) is 38.1 Å². The van der Waals surface area contributed by atoms with Crippen molar-refractivity contribution in [2.75, 3.05) is 18.7 Å². The molecule has 0 saturated carbocycles. The van der Waals surface area contributed by atoms with Gasteiger partial charge in [0.05, 0.1) is 29.8 Å². The molecule has 2 heterocycles. The van der Waals surface area contributed by atoms with E-state index in [-0.39, 0.29) is 30.4 Å². The van der Waals surface area contributed by atoms with E-state index in [9.17, 15) is 4.79 Å². The lowest BCUT2D eigenvalue weighted by Gasteiger charge is -2.16. The minimum atomic E-state index is -0.0910. The molecule has 1 aromatic carbocycles. The van der Waals surface area contributed by atoms with Gasteiger partial charge in [-0.2, -0.15) is 0 Å². The van der Waals surface area contributed by atoms with Crippen molar-refractivity contribution in [1.82, 2.24) is 15.6 Å². The predicted molar refractivity (Wildman–Crippen MR) is 107 cm³/mol. The van der Waals surface area contributed by atoms with E-state index in [0.717, 1.165) is 38.5 Å². The second-order valence-corrected chi connectivity index (χ2v) is 7.76. The number of halogens is 1. The lowest BCUT2D eigenvalue weighted by molar-refractivity contribution is -0.123. The molecule has 25 heavy (non-hydrogen) atoms. The lowest BCUT2D eigenvalue weighted by atomic mass is 10.2. The van der Waals surface area contributed by atoms with E-state index >= 15 is 0 Å². The molecule has 1 saturated heterocycles. The second-order valence-electron chi connectivity index (χ2n) is 5.70. The number of ether oxygens (including phenoxy) is 1. The van der Waals surface area contributed by atoms with E-state index in [4.69, 9.17) is 4.74 Å². The molecule has 136 valence electrons. The Balaban J connectivity index is 0.00000225. The van der Waals surface area contributed by atoms with Gasteiger partial charge in [-0.3, -0.25) is 10.1 Å². The molecule has 2 aromatic rings. The number of methoxy groups -OCH3 is 1. The Labute approximate surface area is 162 Å². The van der Waals surface area contributed by atoms with Crippen molar-refractivity contribution in [3.05, 3.63) is 34.8 Å². The van der Waals surface area contributed by atoms with Crippen LogP contribution in [-0.2, 0) is 4.79 Å². The first kappa shape index (κ1) is 20.0. The maximum Gasteiger partial charge on any atom is 0.238 e. The number of hydrogen-bond acceptors (Lipinski definition) is 6. The number of benzene rings is 1. The molecule has 1 aliphatic rings. The molecule has 2 atom stereocenters. The number of thioether (sulfide) groups is 1. The minimum absolute atomic E-state index is 0. The molecule has 1 amide bonds. The molecule has 0 aliphatic carbocycles. The second kappa shape index (κ2) is 8.89. The molecule has 3 rings (SSSR count). The van der Waals surface area contributed by atoms with E-state index in [1.165, 1.54) is 0 Å². The molecular weight excluding hydrogens is 378 g/mol. The molecule has 1 fully saturated rings. The van der Waals surface area contributed by atoms with E-state index in [0.29, 0.717) is 0 Å². The largest absolute Gasteiger partial charge is 0.497 e. The Bertz CT molecular complexity index is 715. The van der Waals surface area contributed by atoms with Gasteiger partial charge in [0, 0.05) is 17.2 Å². The number of aryl methyl sites for hydroxylation is 1. The van der Waals surface area contributed by atoms with E-state index < -0.39 is 0 Å². The number of hydrogen-bond donors (Lipinski definition) is 2. The van der Waals surface area contributed by atoms with Gasteiger partial charge < -0.3 is 10.1 Å². The van der Waals surface area contributed by atoms with Gasteiger partial charge in [0.2, 0.25) is 5.91 Å². The molecule has 2 N–H and O–H groups in total. The van der Waals surface area contributed by atoms with Crippen LogP contribution in [0, 0.1) is 6.92 Å². The first-order valence-corrected chi connectivity index (χ1v) is 9.79. The summed E-state index contributed by atoms with van der Waals surface area (Å²) in [6.07, 6.45) is 0. The highest BCUT2D eigenvalue weighted by atomic mass is 35.5. The number of thiazole rings is 1. The molecule has 0 radical (unpaired) electrons. The maximum atomic E-state index is 12.3. The van der Waals surface area contributed by atoms with Crippen molar-refractivity contribution >= 4 is 41.4 Å². The van der Waals surface area contributed by atoms with Crippen molar-refractivity contribution in [2.24, 2.45) is 0 Å². The normalized spacial score (nSPS) is 17.6. The standard InChI is InChI=1S/C17H21N3O2S2.ClH/c1-10(19-16(21)14-8-23-9-18-14)15-11(2)20-17(24-15)12-4-6-13(22-3)7-5-12;/h4-7,10,14,18H,8-9H2,1-3H3,(H,19,21);1H. The molecule has 0 spiro atoms. The fourth-order valence-corrected chi connectivity index (χ4v) is 4.63. The Morgan fingerprint density at radius 1 is 1.40 bits per heavy atom. The molecule has 2 unspecified atom stereocenters. The third-order valence-electron chi connectivity index (χ3n) is 3.95. The van der Waals surface area contributed by atoms with Crippen LogP contribution in [0.2, 0.25) is 0 Å². The summed E-state index contributed by atoms with van der Waals surface area (Å²) in [7, 11) is 1.66. The van der Waals surface area contributed by atoms with Crippen LogP contribution >= 0.6 is 35.5 Å². The zero-order valence-electron chi connectivity index (χ0n) is 14.4. The monoisotopic (exact) mass is 399 g/mol. The van der Waals surface area contributed by atoms with E-state index in [2.05, 4.69) is 15.6 Å². The topological polar surface area (TPSA) is 63.2 Å². The number of aromatic nitrogens is 1. The van der Waals surface area contributed by atoms with Crippen LogP contribution in [0.25, 0.3) is 10.6 Å². The maximum absolute atomic E-state index is 12.3. The van der Waals surface area contributed by atoms with Crippen LogP contribution in [0.3, 0.4) is 0 Å². The van der Waals surface area contributed by atoms with Gasteiger partial charge in [-0.1, -0.05) is 0 Å². The Morgan fingerprint density at radius 3 is 2.72 bits per heavy atom. The third-order valence-corrected chi connectivity index (χ3v) is 6.28. The summed E-state index contributed by atoms with van der Waals surface area (Å²) in [6.45, 7) is 4.00. The summed E-state index contributed by atoms with van der Waals surface area (Å²) in [5, 5.41) is 7.25. The van der Waals surface area contributed by atoms with Crippen LogP contribution in [0.5, 0.6) is 5.75 Å². The molecule has 8 heteroatoms. The highest BCUT2D eigenvalue weighted by molar-refractivity contribution is 7.99. The van der Waals surface area contributed by atoms with Crippen molar-refractivity contribution in [1.29, 1.82) is 0 Å². The number of nitrogens with one attached hydrogen (secondary N) is 2. The van der Waals surface area contributed by atoms with Crippen LogP contribution < -0.4 is 15.4 Å². The van der Waals surface area contributed by atoms with Gasteiger partial charge in [0.25, 0.3) is 0 Å². The van der Waals surface area contributed by atoms with Crippen LogP contribution in [0.4, 0.5) is 0 Å². The number of carbonyl (C=O) groups is 1. The molecule has 1 aliphatic heterocycles. The fourth-order valence-electron chi connectivity index (χ4n) is 2.61. The third kappa shape index (κ3) is 4.67. The van der Waals surface area contributed by atoms with Gasteiger partial charge in [0.1, 0.15) is 10.8 Å². The van der Waals surface area contributed by atoms with Crippen molar-refractivity contribution < 1.29 is 9.53 Å². The molecule has 1 aromatic heterocycles. The summed E-state index contributed by atoms with van der Waals surface area (Å²) in [5.74, 6) is 2.56. The van der Waals surface area contributed by atoms with Crippen molar-refractivity contribution in [3.63, 3.8) is 0 Å². The van der Waals surface area contributed by atoms with Crippen LogP contribution in [-0.4, -0.2) is 35.7 Å². The van der Waals surface area contributed by atoms with Crippen LogP contribution in [0.15, 0.2) is 24.3 Å². The van der Waals surface area contributed by atoms with Crippen molar-refractivity contribution in [3.8, 4) is 16.3 Å². The van der Waals surface area contributed by atoms with Gasteiger partial charge in [0.15, 0.2) is 0 Å². The van der Waals surface area contributed by atoms with Crippen molar-refractivity contribution in [2.45, 2.75) is 25.9 Å². The van der Waals surface area contributed by atoms with Gasteiger partial charge in [-0.25, -0.2) is 4.98 Å². The van der Waals surface area contributed by atoms with Gasteiger partial charge in [-0.05, 0) is 38.1 Å². The van der Waals surface area contributed by atoms with E-state index in [1.54, 1.807) is 30.2 Å². The number of carbonyl (C=O) groups excluding carboxylic acids is 1. The summed E-state index contributed by atoms with van der Waals surface area (Å²) in [4.78, 5) is 18.0. The average molecular weight is 400 g/mol. The number of nitrogens with zero attached hydrogens (tertiary/aromatic N) is 1. The summed E-state index contributed by atoms with van der Waals surface area (Å²) in [6, 6.07) is 7.73. The number of rotatable bonds is 5. The van der Waals surface area contributed by atoms with Gasteiger partial charge in [-0.15, -0.1) is 35.5 Å². The smallest absolute Gasteiger partial charge is 0.238 e. The average Bonchev–Trinajstić information content (AvgIpc) is 3.24. The summed E-state index contributed by atoms with van der Waals surface area (Å²) < 4.78 is 5.19. The molecule has 5 nitrogen and oxygen atoms in total. The minimum Gasteiger partial charge on any atom is -0.497 e. The first-order valence-electron chi connectivity index (χ1n) is 7.81. The quantitative estimate of drug-likeness (QED) is 0.806. The summed E-state index contributed by atoms with van der Waals surface area (Å²) >= 11 is 3.38. The Hall–Kier alpha value is -1.28. The Morgan fingerprint density at radius 2 is 2.12 bits per heavy atom. The highest BCUT2D eigenvalue weighted by Crippen LogP contribution is 2.32. The SMILES string of the molecule is COc1ccc(-c2nc(C)c(C(C)NC(=O)C3CSCN3)s2)cc1.Cl. The first-order chi connectivity index (χ1) is 11.6. The zero-order chi connectivity index (χ0) is 17.1. The fraction of sp³-hybridized carbons (Fsp3) is 0.412. The lowest BCUT2D eigenvalue weighted by Crippen LogP contribution is -2.42. The highest BCUT2D eigenvalue weighted by Gasteiger charge is 2.25. The number of amides is 1. The molecular formula is C17H22ClN3O2S2.